The van der Waals surface area contributed by atoms with Gasteiger partial charge in [0, 0.05) is 12.6 Å². The lowest BCUT2D eigenvalue weighted by molar-refractivity contribution is -0.143. The molecular weight excluding hydrogens is 320 g/mol. The van der Waals surface area contributed by atoms with Crippen molar-refractivity contribution in [1.82, 2.24) is 0 Å². The van der Waals surface area contributed by atoms with Crippen molar-refractivity contribution in [3.05, 3.63) is 59.7 Å². The van der Waals surface area contributed by atoms with E-state index in [1.54, 1.807) is 48.5 Å². The van der Waals surface area contributed by atoms with E-state index in [4.69, 9.17) is 14.7 Å². The van der Waals surface area contributed by atoms with E-state index >= 15 is 0 Å². The summed E-state index contributed by atoms with van der Waals surface area (Å²) in [4.78, 5) is 22.7. The molecule has 0 radical (unpaired) electrons. The van der Waals surface area contributed by atoms with Gasteiger partial charge >= 0.3 is 5.97 Å². The summed E-state index contributed by atoms with van der Waals surface area (Å²) in [6.07, 6.45) is 0.150. The van der Waals surface area contributed by atoms with Crippen molar-refractivity contribution in [2.75, 3.05) is 18.5 Å². The molecule has 128 valence electrons. The van der Waals surface area contributed by atoms with Crippen LogP contribution in [0.4, 0.5) is 5.69 Å². The molecule has 0 fully saturated rings. The van der Waals surface area contributed by atoms with E-state index in [1.807, 2.05) is 6.07 Å². The van der Waals surface area contributed by atoms with E-state index in [0.717, 1.165) is 5.56 Å². The Balaban J connectivity index is 1.69. The summed E-state index contributed by atoms with van der Waals surface area (Å²) < 4.78 is 10.6. The van der Waals surface area contributed by atoms with Gasteiger partial charge in [0.25, 0.3) is 0 Å². The van der Waals surface area contributed by atoms with Crippen molar-refractivity contribution >= 4 is 17.6 Å². The standard InChI is InChI=1S/C19H18N2O4/c1-14(22)21-17-6-2-15(3-7-17)12-19(23)25-11-10-24-18-8-4-16(13-20)5-9-18/h2-9H,10-12H2,1H3,(H,21,22). The van der Waals surface area contributed by atoms with Crippen molar-refractivity contribution < 1.29 is 19.1 Å². The monoisotopic (exact) mass is 338 g/mol. The van der Waals surface area contributed by atoms with Crippen LogP contribution in [0, 0.1) is 11.3 Å². The molecule has 0 aromatic heterocycles. The van der Waals surface area contributed by atoms with Crippen LogP contribution in [0.3, 0.4) is 0 Å². The first-order valence-electron chi connectivity index (χ1n) is 7.72. The van der Waals surface area contributed by atoms with Crippen LogP contribution >= 0.6 is 0 Å². The van der Waals surface area contributed by atoms with Crippen LogP contribution in [0.5, 0.6) is 5.75 Å². The van der Waals surface area contributed by atoms with Gasteiger partial charge in [0.2, 0.25) is 5.91 Å². The molecular formula is C19H18N2O4. The van der Waals surface area contributed by atoms with E-state index in [9.17, 15) is 9.59 Å². The van der Waals surface area contributed by atoms with Gasteiger partial charge in [-0.25, -0.2) is 0 Å². The molecule has 2 rings (SSSR count). The third kappa shape index (κ3) is 6.36. The first-order chi connectivity index (χ1) is 12.1. The Morgan fingerprint density at radius 3 is 2.32 bits per heavy atom. The number of anilines is 1. The zero-order valence-corrected chi connectivity index (χ0v) is 13.8. The number of esters is 1. The number of ether oxygens (including phenoxy) is 2. The van der Waals surface area contributed by atoms with E-state index in [1.165, 1.54) is 6.92 Å². The van der Waals surface area contributed by atoms with Crippen LogP contribution in [-0.4, -0.2) is 25.1 Å². The van der Waals surface area contributed by atoms with Gasteiger partial charge in [-0.15, -0.1) is 0 Å². The number of hydrogen-bond donors (Lipinski definition) is 1. The average molecular weight is 338 g/mol. The Morgan fingerprint density at radius 1 is 1.04 bits per heavy atom. The smallest absolute Gasteiger partial charge is 0.310 e. The second-order valence-electron chi connectivity index (χ2n) is 5.26. The molecule has 0 aliphatic carbocycles. The van der Waals surface area contributed by atoms with Crippen LogP contribution < -0.4 is 10.1 Å². The van der Waals surface area contributed by atoms with Crippen LogP contribution in [0.2, 0.25) is 0 Å². The van der Waals surface area contributed by atoms with Crippen molar-refractivity contribution in [1.29, 1.82) is 5.26 Å². The van der Waals surface area contributed by atoms with E-state index in [2.05, 4.69) is 5.32 Å². The van der Waals surface area contributed by atoms with E-state index < -0.39 is 0 Å². The SMILES string of the molecule is CC(=O)Nc1ccc(CC(=O)OCCOc2ccc(C#N)cc2)cc1. The lowest BCUT2D eigenvalue weighted by atomic mass is 10.1. The first-order valence-corrected chi connectivity index (χ1v) is 7.72. The second-order valence-corrected chi connectivity index (χ2v) is 5.26. The topological polar surface area (TPSA) is 88.4 Å². The molecule has 25 heavy (non-hydrogen) atoms. The summed E-state index contributed by atoms with van der Waals surface area (Å²) in [5.41, 5.74) is 2.04. The van der Waals surface area contributed by atoms with Crippen LogP contribution in [-0.2, 0) is 20.7 Å². The number of nitriles is 1. The van der Waals surface area contributed by atoms with Gasteiger partial charge in [-0.05, 0) is 42.0 Å². The molecule has 0 unspecified atom stereocenters. The molecule has 6 nitrogen and oxygen atoms in total. The van der Waals surface area contributed by atoms with Gasteiger partial charge in [0.1, 0.15) is 19.0 Å². The number of hydrogen-bond acceptors (Lipinski definition) is 5. The van der Waals surface area contributed by atoms with Gasteiger partial charge < -0.3 is 14.8 Å². The zero-order valence-electron chi connectivity index (χ0n) is 13.8. The minimum Gasteiger partial charge on any atom is -0.490 e. The number of carbonyl (C=O) groups excluding carboxylic acids is 2. The molecule has 0 saturated carbocycles. The van der Waals surface area contributed by atoms with Gasteiger partial charge in [-0.1, -0.05) is 12.1 Å². The molecule has 6 heteroatoms. The minimum absolute atomic E-state index is 0.142. The van der Waals surface area contributed by atoms with Crippen molar-refractivity contribution in [2.45, 2.75) is 13.3 Å². The molecule has 0 heterocycles. The summed E-state index contributed by atoms with van der Waals surface area (Å²) in [7, 11) is 0. The predicted molar refractivity (Wildman–Crippen MR) is 92.1 cm³/mol. The molecule has 0 bridgehead atoms. The Morgan fingerprint density at radius 2 is 1.72 bits per heavy atom. The first kappa shape index (κ1) is 18.0. The molecule has 0 spiro atoms. The molecule has 0 aliphatic rings. The Bertz CT molecular complexity index is 762. The highest BCUT2D eigenvalue weighted by Crippen LogP contribution is 2.12. The number of carbonyl (C=O) groups is 2. The van der Waals surface area contributed by atoms with Crippen LogP contribution in [0.15, 0.2) is 48.5 Å². The molecule has 1 amide bonds. The lowest BCUT2D eigenvalue weighted by Crippen LogP contribution is -2.14. The highest BCUT2D eigenvalue weighted by atomic mass is 16.6. The van der Waals surface area contributed by atoms with Gasteiger partial charge in [0.05, 0.1) is 18.1 Å². The highest BCUT2D eigenvalue weighted by Gasteiger charge is 2.05. The number of nitrogens with zero attached hydrogens (tertiary/aromatic N) is 1. The summed E-state index contributed by atoms with van der Waals surface area (Å²) >= 11 is 0. The molecule has 2 aromatic carbocycles. The van der Waals surface area contributed by atoms with Crippen LogP contribution in [0.1, 0.15) is 18.1 Å². The van der Waals surface area contributed by atoms with Crippen molar-refractivity contribution in [3.8, 4) is 11.8 Å². The number of rotatable bonds is 7. The number of amides is 1. The zero-order chi connectivity index (χ0) is 18.1. The molecule has 0 atom stereocenters. The Kier molecular flexibility index (Phi) is 6.55. The maximum Gasteiger partial charge on any atom is 0.310 e. The normalized spacial score (nSPS) is 9.76. The average Bonchev–Trinajstić information content (AvgIpc) is 2.60. The fourth-order valence-electron chi connectivity index (χ4n) is 2.07. The fourth-order valence-corrected chi connectivity index (χ4v) is 2.07. The molecule has 0 saturated heterocycles. The molecule has 0 aliphatic heterocycles. The van der Waals surface area contributed by atoms with Crippen molar-refractivity contribution in [2.24, 2.45) is 0 Å². The Labute approximate surface area is 146 Å². The highest BCUT2D eigenvalue weighted by molar-refractivity contribution is 5.88. The Hall–Kier alpha value is -3.33. The third-order valence-corrected chi connectivity index (χ3v) is 3.22. The van der Waals surface area contributed by atoms with E-state index in [0.29, 0.717) is 17.0 Å². The number of nitrogens with one attached hydrogen (secondary N) is 1. The maximum atomic E-state index is 11.8. The fraction of sp³-hybridized carbons (Fsp3) is 0.211. The number of benzene rings is 2. The van der Waals surface area contributed by atoms with Gasteiger partial charge in [-0.2, -0.15) is 5.26 Å². The van der Waals surface area contributed by atoms with E-state index in [-0.39, 0.29) is 31.5 Å². The summed E-state index contributed by atoms with van der Waals surface area (Å²) in [5.74, 6) is 0.119. The lowest BCUT2D eigenvalue weighted by Gasteiger charge is -2.08. The summed E-state index contributed by atoms with van der Waals surface area (Å²) in [6, 6.07) is 15.7. The van der Waals surface area contributed by atoms with Gasteiger partial charge in [0.15, 0.2) is 0 Å². The quantitative estimate of drug-likeness (QED) is 0.619. The maximum absolute atomic E-state index is 11.8. The predicted octanol–water partition coefficient (Wildman–Crippen LogP) is 2.68. The minimum atomic E-state index is -0.351. The molecule has 1 N–H and O–H groups in total. The molecule has 2 aromatic rings. The third-order valence-electron chi connectivity index (χ3n) is 3.22. The van der Waals surface area contributed by atoms with Crippen LogP contribution in [0.25, 0.3) is 0 Å². The van der Waals surface area contributed by atoms with Crippen molar-refractivity contribution in [3.63, 3.8) is 0 Å². The summed E-state index contributed by atoms with van der Waals surface area (Å²) in [6.45, 7) is 1.81. The van der Waals surface area contributed by atoms with Gasteiger partial charge in [-0.3, -0.25) is 9.59 Å². The summed E-state index contributed by atoms with van der Waals surface area (Å²) in [5, 5.41) is 11.4. The largest absolute Gasteiger partial charge is 0.490 e. The second kappa shape index (κ2) is 9.08.